The van der Waals surface area contributed by atoms with Crippen molar-refractivity contribution >= 4 is 39.6 Å². The van der Waals surface area contributed by atoms with Gasteiger partial charge in [-0.15, -0.1) is 22.7 Å². The van der Waals surface area contributed by atoms with Crippen LogP contribution in [-0.2, 0) is 9.53 Å². The van der Waals surface area contributed by atoms with E-state index < -0.39 is 0 Å². The third kappa shape index (κ3) is 4.29. The van der Waals surface area contributed by atoms with Crippen molar-refractivity contribution in [2.45, 2.75) is 32.7 Å². The van der Waals surface area contributed by atoms with E-state index in [0.717, 1.165) is 24.9 Å². The number of carbonyl (C=O) groups excluding carboxylic acids is 2. The number of amides is 1. The van der Waals surface area contributed by atoms with Crippen molar-refractivity contribution in [3.63, 3.8) is 0 Å². The van der Waals surface area contributed by atoms with Crippen LogP contribution in [0.2, 0.25) is 0 Å². The maximum Gasteiger partial charge on any atom is 0.348 e. The van der Waals surface area contributed by atoms with E-state index in [9.17, 15) is 9.59 Å². The summed E-state index contributed by atoms with van der Waals surface area (Å²) in [6.45, 7) is 5.29. The molecule has 7 heteroatoms. The third-order valence-electron chi connectivity index (χ3n) is 4.22. The van der Waals surface area contributed by atoms with Crippen molar-refractivity contribution < 1.29 is 14.3 Å². The smallest absolute Gasteiger partial charge is 0.348 e. The van der Waals surface area contributed by atoms with Gasteiger partial charge in [-0.05, 0) is 56.3 Å². The quantitative estimate of drug-likeness (QED) is 0.770. The van der Waals surface area contributed by atoms with Gasteiger partial charge in [0.05, 0.1) is 18.2 Å². The molecule has 0 aliphatic carbocycles. The lowest BCUT2D eigenvalue weighted by molar-refractivity contribution is -0.117. The van der Waals surface area contributed by atoms with Crippen LogP contribution < -0.4 is 5.32 Å². The van der Waals surface area contributed by atoms with Gasteiger partial charge in [0.25, 0.3) is 0 Å². The average Bonchev–Trinajstić information content (AvgIpc) is 3.28. The molecule has 5 nitrogen and oxygen atoms in total. The van der Waals surface area contributed by atoms with Crippen LogP contribution in [0.25, 0.3) is 0 Å². The Kier molecular flexibility index (Phi) is 5.88. The Morgan fingerprint density at radius 1 is 1.44 bits per heavy atom. The van der Waals surface area contributed by atoms with Crippen LogP contribution in [-0.4, -0.2) is 36.5 Å². The number of anilines is 1. The normalized spacial score (nSPS) is 17.6. The summed E-state index contributed by atoms with van der Waals surface area (Å²) < 4.78 is 5.04. The second kappa shape index (κ2) is 8.12. The fraction of sp³-hybridized carbons (Fsp3) is 0.444. The van der Waals surface area contributed by atoms with Crippen molar-refractivity contribution in [3.05, 3.63) is 38.9 Å². The van der Waals surface area contributed by atoms with E-state index in [2.05, 4.69) is 27.7 Å². The largest absolute Gasteiger partial charge is 0.462 e. The first-order valence-electron chi connectivity index (χ1n) is 8.43. The summed E-state index contributed by atoms with van der Waals surface area (Å²) in [6, 6.07) is 6.36. The molecule has 0 spiro atoms. The maximum atomic E-state index is 12.4. The highest BCUT2D eigenvalue weighted by Crippen LogP contribution is 2.34. The fourth-order valence-corrected chi connectivity index (χ4v) is 5.00. The highest BCUT2D eigenvalue weighted by atomic mass is 32.1. The number of carbonyl (C=O) groups is 2. The summed E-state index contributed by atoms with van der Waals surface area (Å²) in [7, 11) is 0. The highest BCUT2D eigenvalue weighted by Gasteiger charge is 2.28. The van der Waals surface area contributed by atoms with Crippen LogP contribution in [0, 0.1) is 6.92 Å². The Hall–Kier alpha value is -1.70. The number of hydrogen-bond acceptors (Lipinski definition) is 6. The van der Waals surface area contributed by atoms with Crippen LogP contribution in [0.5, 0.6) is 0 Å². The number of esters is 1. The van der Waals surface area contributed by atoms with Gasteiger partial charge >= 0.3 is 5.97 Å². The van der Waals surface area contributed by atoms with Crippen molar-refractivity contribution in [3.8, 4) is 0 Å². The molecule has 1 unspecified atom stereocenters. The molecular formula is C18H22N2O3S2. The lowest BCUT2D eigenvalue weighted by atomic mass is 10.2. The van der Waals surface area contributed by atoms with Crippen LogP contribution in [0.15, 0.2) is 23.6 Å². The molecule has 0 saturated carbocycles. The molecule has 3 heterocycles. The Morgan fingerprint density at radius 3 is 3.00 bits per heavy atom. The number of nitrogens with one attached hydrogen (secondary N) is 1. The summed E-state index contributed by atoms with van der Waals surface area (Å²) in [5.74, 6) is -0.372. The second-order valence-corrected chi connectivity index (χ2v) is 8.07. The Labute approximate surface area is 155 Å². The Morgan fingerprint density at radius 2 is 2.28 bits per heavy atom. The fourth-order valence-electron chi connectivity index (χ4n) is 3.12. The van der Waals surface area contributed by atoms with E-state index >= 15 is 0 Å². The number of hydrogen-bond donors (Lipinski definition) is 1. The molecule has 1 atom stereocenters. The second-order valence-electron chi connectivity index (χ2n) is 6.04. The van der Waals surface area contributed by atoms with Gasteiger partial charge in [-0.1, -0.05) is 6.07 Å². The molecule has 2 aromatic rings. The summed E-state index contributed by atoms with van der Waals surface area (Å²) in [4.78, 5) is 28.4. The zero-order chi connectivity index (χ0) is 17.8. The maximum absolute atomic E-state index is 12.4. The minimum atomic E-state index is -0.331. The zero-order valence-corrected chi connectivity index (χ0v) is 16.0. The molecule has 2 aromatic heterocycles. The van der Waals surface area contributed by atoms with Crippen LogP contribution in [0.1, 0.15) is 45.9 Å². The first-order valence-corrected chi connectivity index (χ1v) is 10.1. The molecule has 3 rings (SSSR count). The van der Waals surface area contributed by atoms with E-state index in [1.54, 1.807) is 18.3 Å². The lowest BCUT2D eigenvalue weighted by Crippen LogP contribution is -2.32. The number of aryl methyl sites for hydroxylation is 1. The van der Waals surface area contributed by atoms with Crippen molar-refractivity contribution in [1.82, 2.24) is 4.90 Å². The number of nitrogens with zero attached hydrogens (tertiary/aromatic N) is 1. The monoisotopic (exact) mass is 378 g/mol. The summed E-state index contributed by atoms with van der Waals surface area (Å²) in [6.07, 6.45) is 2.21. The molecule has 0 bridgehead atoms. The lowest BCUT2D eigenvalue weighted by Gasteiger charge is -2.22. The van der Waals surface area contributed by atoms with E-state index in [4.69, 9.17) is 4.74 Å². The van der Waals surface area contributed by atoms with Crippen LogP contribution in [0.4, 0.5) is 5.00 Å². The van der Waals surface area contributed by atoms with Gasteiger partial charge in [0.2, 0.25) is 5.91 Å². The topological polar surface area (TPSA) is 58.6 Å². The van der Waals surface area contributed by atoms with E-state index in [0.29, 0.717) is 29.1 Å². The van der Waals surface area contributed by atoms with Gasteiger partial charge in [0.1, 0.15) is 4.88 Å². The Bertz CT molecular complexity index is 740. The molecule has 0 aromatic carbocycles. The van der Waals surface area contributed by atoms with Gasteiger partial charge in [-0.3, -0.25) is 9.69 Å². The van der Waals surface area contributed by atoms with Crippen molar-refractivity contribution in [2.24, 2.45) is 0 Å². The summed E-state index contributed by atoms with van der Waals surface area (Å²) in [5.41, 5.74) is 0.830. The zero-order valence-electron chi connectivity index (χ0n) is 14.4. The molecule has 0 radical (unpaired) electrons. The molecule has 25 heavy (non-hydrogen) atoms. The van der Waals surface area contributed by atoms with Gasteiger partial charge < -0.3 is 10.1 Å². The number of thiophene rings is 2. The molecule has 1 amide bonds. The molecule has 1 fully saturated rings. The molecule has 134 valence electrons. The predicted molar refractivity (Wildman–Crippen MR) is 102 cm³/mol. The van der Waals surface area contributed by atoms with Crippen molar-refractivity contribution in [2.75, 3.05) is 25.0 Å². The van der Waals surface area contributed by atoms with Crippen molar-refractivity contribution in [1.29, 1.82) is 0 Å². The average molecular weight is 379 g/mol. The molecular weight excluding hydrogens is 356 g/mol. The Balaban J connectivity index is 1.61. The van der Waals surface area contributed by atoms with Crippen LogP contribution >= 0.6 is 22.7 Å². The highest BCUT2D eigenvalue weighted by molar-refractivity contribution is 7.18. The first kappa shape index (κ1) is 18.1. The minimum absolute atomic E-state index is 0.0416. The van der Waals surface area contributed by atoms with Gasteiger partial charge in [0, 0.05) is 10.9 Å². The summed E-state index contributed by atoms with van der Waals surface area (Å²) >= 11 is 3.01. The summed E-state index contributed by atoms with van der Waals surface area (Å²) in [5, 5.41) is 5.70. The molecule has 1 N–H and O–H groups in total. The minimum Gasteiger partial charge on any atom is -0.462 e. The van der Waals surface area contributed by atoms with E-state index in [1.807, 2.05) is 13.0 Å². The number of ether oxygens (including phenoxy) is 1. The third-order valence-corrected chi connectivity index (χ3v) is 6.33. The van der Waals surface area contributed by atoms with Gasteiger partial charge in [-0.2, -0.15) is 0 Å². The van der Waals surface area contributed by atoms with Gasteiger partial charge in [0.15, 0.2) is 0 Å². The van der Waals surface area contributed by atoms with Crippen LogP contribution in [0.3, 0.4) is 0 Å². The molecule has 1 aliphatic rings. The first-order chi connectivity index (χ1) is 12.1. The van der Waals surface area contributed by atoms with Gasteiger partial charge in [-0.25, -0.2) is 4.79 Å². The molecule has 1 saturated heterocycles. The standard InChI is InChI=1S/C18H22N2O3S2/c1-3-23-18(22)17-12(2)10-16(25-17)19-15(21)11-20-8-4-6-13(20)14-7-5-9-24-14/h5,7,9-10,13H,3-4,6,8,11H2,1-2H3,(H,19,21). The molecule has 1 aliphatic heterocycles. The van der Waals surface area contributed by atoms with E-state index in [1.165, 1.54) is 16.2 Å². The SMILES string of the molecule is CCOC(=O)c1sc(NC(=O)CN2CCCC2c2cccs2)cc1C. The number of likely N-dealkylation sites (tertiary alicyclic amines) is 1. The number of rotatable bonds is 6. The van der Waals surface area contributed by atoms with E-state index in [-0.39, 0.29) is 11.9 Å². The predicted octanol–water partition coefficient (Wildman–Crippen LogP) is 4.07.